The maximum Gasteiger partial charge on any atom is 0.0384 e. The molecular weight excluding hydrogens is 212 g/mol. The van der Waals surface area contributed by atoms with E-state index in [2.05, 4.69) is 49.4 Å². The number of hydrogen-bond acceptors (Lipinski definition) is 1. The summed E-state index contributed by atoms with van der Waals surface area (Å²) in [6.07, 6.45) is 0. The summed E-state index contributed by atoms with van der Waals surface area (Å²) in [6.45, 7) is 6.18. The van der Waals surface area contributed by atoms with E-state index < -0.39 is 0 Å². The normalized spacial score (nSPS) is 10.2. The van der Waals surface area contributed by atoms with Gasteiger partial charge >= 0.3 is 0 Å². The number of aryl methyl sites for hydroxylation is 1. The average molecular weight is 228 g/mol. The highest BCUT2D eigenvalue weighted by Crippen LogP contribution is 2.35. The molecule has 0 atom stereocenters. The molecule has 0 fully saturated rings. The zero-order valence-corrected chi connectivity index (χ0v) is 10.8. The Hall–Kier alpha value is -1.34. The molecule has 0 saturated carbocycles. The van der Waals surface area contributed by atoms with Crippen molar-refractivity contribution in [2.24, 2.45) is 0 Å². The van der Waals surface area contributed by atoms with E-state index in [4.69, 9.17) is 0 Å². The van der Waals surface area contributed by atoms with Gasteiger partial charge in [0.2, 0.25) is 0 Å². The Morgan fingerprint density at radius 1 is 0.812 bits per heavy atom. The molecule has 0 aliphatic rings. The average Bonchev–Trinajstić information content (AvgIpc) is 2.72. The molecule has 0 spiro atoms. The van der Waals surface area contributed by atoms with Gasteiger partial charge in [0.25, 0.3) is 0 Å². The largest absolute Gasteiger partial charge is 0.135 e. The fourth-order valence-corrected chi connectivity index (χ4v) is 3.06. The van der Waals surface area contributed by atoms with Crippen molar-refractivity contribution in [1.29, 1.82) is 0 Å². The van der Waals surface area contributed by atoms with Gasteiger partial charge in [0.1, 0.15) is 0 Å². The summed E-state index contributed by atoms with van der Waals surface area (Å²) in [4.78, 5) is 0. The lowest BCUT2D eigenvalue weighted by molar-refractivity contribution is 1.50. The van der Waals surface area contributed by atoms with Gasteiger partial charge in [-0.1, -0.05) is 50.2 Å². The lowest BCUT2D eigenvalue weighted by Crippen LogP contribution is -1.69. The highest BCUT2D eigenvalue weighted by Gasteiger charge is 2.04. The summed E-state index contributed by atoms with van der Waals surface area (Å²) in [5.41, 5.74) is 1.38. The first-order valence-corrected chi connectivity index (χ1v) is 6.55. The smallest absolute Gasteiger partial charge is 0.0384 e. The third-order valence-electron chi connectivity index (χ3n) is 2.60. The Morgan fingerprint density at radius 2 is 1.50 bits per heavy atom. The van der Waals surface area contributed by atoms with Crippen LogP contribution in [0.4, 0.5) is 0 Å². The molecule has 2 aromatic carbocycles. The molecule has 16 heavy (non-hydrogen) atoms. The van der Waals surface area contributed by atoms with Crippen molar-refractivity contribution in [3.63, 3.8) is 0 Å². The summed E-state index contributed by atoms with van der Waals surface area (Å²) >= 11 is 1.89. The van der Waals surface area contributed by atoms with Crippen LogP contribution in [-0.4, -0.2) is 0 Å². The molecule has 0 nitrogen and oxygen atoms in total. The van der Waals surface area contributed by atoms with E-state index in [0.717, 1.165) is 0 Å². The number of thiophene rings is 1. The van der Waals surface area contributed by atoms with Gasteiger partial charge < -0.3 is 0 Å². The monoisotopic (exact) mass is 228 g/mol. The Balaban J connectivity index is 0.000000457. The summed E-state index contributed by atoms with van der Waals surface area (Å²) < 4.78 is 2.81. The second-order valence-corrected chi connectivity index (χ2v) is 4.60. The van der Waals surface area contributed by atoms with Crippen LogP contribution in [0.1, 0.15) is 19.4 Å². The number of rotatable bonds is 0. The molecule has 0 bridgehead atoms. The second-order valence-electron chi connectivity index (χ2n) is 3.55. The minimum Gasteiger partial charge on any atom is -0.135 e. The highest BCUT2D eigenvalue weighted by atomic mass is 32.1. The Morgan fingerprint density at radius 3 is 2.31 bits per heavy atom. The van der Waals surface area contributed by atoms with Gasteiger partial charge in [-0.15, -0.1) is 11.3 Å². The predicted octanol–water partition coefficient (Wildman–Crippen LogP) is 5.39. The minimum absolute atomic E-state index is 1.38. The molecular formula is C15H16S. The number of fused-ring (bicyclic) bond motifs is 3. The van der Waals surface area contributed by atoms with E-state index in [1.165, 1.54) is 25.7 Å². The third kappa shape index (κ3) is 1.72. The maximum absolute atomic E-state index is 2.21. The van der Waals surface area contributed by atoms with Crippen LogP contribution in [-0.2, 0) is 0 Å². The van der Waals surface area contributed by atoms with Gasteiger partial charge in [0, 0.05) is 20.2 Å². The first kappa shape index (κ1) is 11.2. The predicted molar refractivity (Wildman–Crippen MR) is 75.4 cm³/mol. The topological polar surface area (TPSA) is 0 Å². The minimum atomic E-state index is 1.38. The quantitative estimate of drug-likeness (QED) is 0.484. The molecule has 3 rings (SSSR count). The van der Waals surface area contributed by atoms with Crippen LogP contribution in [0.25, 0.3) is 20.2 Å². The van der Waals surface area contributed by atoms with E-state index in [1.807, 2.05) is 25.2 Å². The molecule has 0 radical (unpaired) electrons. The van der Waals surface area contributed by atoms with Crippen molar-refractivity contribution in [3.05, 3.63) is 48.0 Å². The van der Waals surface area contributed by atoms with Crippen molar-refractivity contribution < 1.29 is 0 Å². The van der Waals surface area contributed by atoms with Crippen LogP contribution in [0.3, 0.4) is 0 Å². The Labute approximate surface area is 101 Å². The van der Waals surface area contributed by atoms with Gasteiger partial charge in [-0.2, -0.15) is 0 Å². The fraction of sp³-hybridized carbons (Fsp3) is 0.200. The molecule has 0 aliphatic heterocycles. The number of benzene rings is 2. The summed E-state index contributed by atoms with van der Waals surface area (Å²) in [5, 5.41) is 2.78. The third-order valence-corrected chi connectivity index (χ3v) is 3.92. The van der Waals surface area contributed by atoms with Crippen LogP contribution in [0, 0.1) is 6.92 Å². The van der Waals surface area contributed by atoms with Gasteiger partial charge in [0.05, 0.1) is 0 Å². The first-order chi connectivity index (χ1) is 7.86. The zero-order valence-electron chi connectivity index (χ0n) is 9.95. The van der Waals surface area contributed by atoms with Crippen molar-refractivity contribution >= 4 is 31.5 Å². The summed E-state index contributed by atoms with van der Waals surface area (Å²) in [5.74, 6) is 0. The molecule has 1 heteroatoms. The second kappa shape index (κ2) is 4.67. The first-order valence-electron chi connectivity index (χ1n) is 5.73. The van der Waals surface area contributed by atoms with Crippen LogP contribution in [0.5, 0.6) is 0 Å². The molecule has 0 N–H and O–H groups in total. The van der Waals surface area contributed by atoms with Gasteiger partial charge in [-0.05, 0) is 18.6 Å². The van der Waals surface area contributed by atoms with Crippen LogP contribution >= 0.6 is 11.3 Å². The molecule has 0 saturated heterocycles. The van der Waals surface area contributed by atoms with Gasteiger partial charge in [-0.3, -0.25) is 0 Å². The number of hydrogen-bond donors (Lipinski definition) is 0. The molecule has 82 valence electrons. The van der Waals surface area contributed by atoms with E-state index in [1.54, 1.807) is 0 Å². The Kier molecular flexibility index (Phi) is 3.25. The zero-order chi connectivity index (χ0) is 11.5. The standard InChI is InChI=1S/C13H10S.C2H6/c1-9-5-4-7-11-10-6-2-3-8-12(10)14-13(9)11;1-2/h2-8H,1H3;1-2H3. The van der Waals surface area contributed by atoms with E-state index in [9.17, 15) is 0 Å². The van der Waals surface area contributed by atoms with Gasteiger partial charge in [0.15, 0.2) is 0 Å². The van der Waals surface area contributed by atoms with Crippen LogP contribution in [0.15, 0.2) is 42.5 Å². The molecule has 0 aliphatic carbocycles. The summed E-state index contributed by atoms with van der Waals surface area (Å²) in [6, 6.07) is 15.1. The lowest BCUT2D eigenvalue weighted by Gasteiger charge is -1.93. The molecule has 1 aromatic heterocycles. The van der Waals surface area contributed by atoms with Crippen LogP contribution < -0.4 is 0 Å². The highest BCUT2D eigenvalue weighted by molar-refractivity contribution is 7.26. The van der Waals surface area contributed by atoms with Crippen molar-refractivity contribution in [1.82, 2.24) is 0 Å². The molecule has 3 aromatic rings. The summed E-state index contributed by atoms with van der Waals surface area (Å²) in [7, 11) is 0. The van der Waals surface area contributed by atoms with Crippen molar-refractivity contribution in [2.75, 3.05) is 0 Å². The van der Waals surface area contributed by atoms with Crippen LogP contribution in [0.2, 0.25) is 0 Å². The Bertz CT molecular complexity index is 605. The maximum atomic E-state index is 2.21. The van der Waals surface area contributed by atoms with E-state index in [-0.39, 0.29) is 0 Å². The van der Waals surface area contributed by atoms with E-state index >= 15 is 0 Å². The fourth-order valence-electron chi connectivity index (χ4n) is 1.89. The molecule has 1 heterocycles. The van der Waals surface area contributed by atoms with Crippen molar-refractivity contribution in [3.8, 4) is 0 Å². The van der Waals surface area contributed by atoms with E-state index in [0.29, 0.717) is 0 Å². The molecule has 0 unspecified atom stereocenters. The lowest BCUT2D eigenvalue weighted by atomic mass is 10.1. The molecule has 0 amide bonds. The SMILES string of the molecule is CC.Cc1cccc2c1sc1ccccc12. The van der Waals surface area contributed by atoms with Gasteiger partial charge in [-0.25, -0.2) is 0 Å². The van der Waals surface area contributed by atoms with Crippen molar-refractivity contribution in [2.45, 2.75) is 20.8 Å².